The van der Waals surface area contributed by atoms with Crippen LogP contribution in [0.2, 0.25) is 0 Å². The van der Waals surface area contributed by atoms with Crippen molar-refractivity contribution in [2.75, 3.05) is 0 Å². The van der Waals surface area contributed by atoms with Crippen LogP contribution < -0.4 is 0 Å². The van der Waals surface area contributed by atoms with Crippen molar-refractivity contribution in [2.24, 2.45) is 0 Å². The minimum absolute atomic E-state index is 0. The second kappa shape index (κ2) is 5.30. The zero-order valence-corrected chi connectivity index (χ0v) is 4.55. The van der Waals surface area contributed by atoms with Crippen molar-refractivity contribution in [3.8, 4) is 0 Å². The summed E-state index contributed by atoms with van der Waals surface area (Å²) in [5.74, 6) is 0. The molecule has 0 aliphatic carbocycles. The fraction of sp³-hybridized carbons (Fsp3) is 0. The SMILES string of the molecule is O=S([O-])O.[Tm]. The van der Waals surface area contributed by atoms with Crippen LogP contribution in [-0.4, -0.2) is 13.3 Å². The fourth-order valence-corrected chi connectivity index (χ4v) is 0. The number of hydrogen-bond acceptors (Lipinski definition) is 2. The minimum atomic E-state index is -2.86. The van der Waals surface area contributed by atoms with E-state index < -0.39 is 11.4 Å². The third kappa shape index (κ3) is 34.1. The molecule has 0 heterocycles. The summed E-state index contributed by atoms with van der Waals surface area (Å²) < 4.78 is 24.1. The van der Waals surface area contributed by atoms with Gasteiger partial charge in [-0.2, -0.15) is 0 Å². The summed E-state index contributed by atoms with van der Waals surface area (Å²) >= 11 is -2.86. The average Bonchev–Trinajstić information content (AvgIpc) is 0.811. The van der Waals surface area contributed by atoms with E-state index in [1.807, 2.05) is 0 Å². The summed E-state index contributed by atoms with van der Waals surface area (Å²) in [6.45, 7) is 0. The van der Waals surface area contributed by atoms with Crippen LogP contribution in [0.4, 0.5) is 0 Å². The fourth-order valence-electron chi connectivity index (χ4n) is 0. The maximum absolute atomic E-state index is 8.56. The largest absolute Gasteiger partial charge is 0.750 e. The normalized spacial score (nSPS) is 12.4. The summed E-state index contributed by atoms with van der Waals surface area (Å²) in [7, 11) is 0. The van der Waals surface area contributed by atoms with E-state index in [1.165, 1.54) is 0 Å². The molecule has 5 heavy (non-hydrogen) atoms. The van der Waals surface area contributed by atoms with Gasteiger partial charge in [0.1, 0.15) is 0 Å². The van der Waals surface area contributed by atoms with Crippen LogP contribution >= 0.6 is 0 Å². The van der Waals surface area contributed by atoms with Gasteiger partial charge in [-0.1, -0.05) is 0 Å². The van der Waals surface area contributed by atoms with Gasteiger partial charge in [0, 0.05) is 36.9 Å². The Morgan fingerprint density at radius 3 is 1.80 bits per heavy atom. The van der Waals surface area contributed by atoms with Crippen molar-refractivity contribution in [1.82, 2.24) is 0 Å². The summed E-state index contributed by atoms with van der Waals surface area (Å²) in [5.41, 5.74) is 0. The van der Waals surface area contributed by atoms with Crippen LogP contribution in [0.1, 0.15) is 0 Å². The molecular formula is HO3STm-. The molecule has 5 heteroatoms. The van der Waals surface area contributed by atoms with Gasteiger partial charge in [0.15, 0.2) is 0 Å². The first kappa shape index (κ1) is 9.57. The third-order valence-electron chi connectivity index (χ3n) is 0. The van der Waals surface area contributed by atoms with Crippen LogP contribution in [0.25, 0.3) is 0 Å². The molecule has 39 valence electrons. The Kier molecular flexibility index (Phi) is 10.2. The third-order valence-corrected chi connectivity index (χ3v) is 0. The zero-order valence-electron chi connectivity index (χ0n) is 1.95. The second-order valence-corrected chi connectivity index (χ2v) is 0.651. The molecule has 0 rings (SSSR count). The Bertz CT molecular complexity index is 29.9. The first-order valence-electron chi connectivity index (χ1n) is 0.516. The van der Waals surface area contributed by atoms with Crippen molar-refractivity contribution in [3.05, 3.63) is 0 Å². The molecule has 1 unspecified atom stereocenters. The smallest absolute Gasteiger partial charge is 0.0814 e. The van der Waals surface area contributed by atoms with Crippen LogP contribution in [0, 0.1) is 36.9 Å². The van der Waals surface area contributed by atoms with Crippen molar-refractivity contribution in [1.29, 1.82) is 0 Å². The second-order valence-electron chi connectivity index (χ2n) is 0.217. The Hall–Kier alpha value is 1.30. The summed E-state index contributed by atoms with van der Waals surface area (Å²) in [6.07, 6.45) is 0. The van der Waals surface area contributed by atoms with E-state index in [0.29, 0.717) is 0 Å². The molecule has 0 amide bonds. The van der Waals surface area contributed by atoms with E-state index in [4.69, 9.17) is 13.3 Å². The van der Waals surface area contributed by atoms with Crippen molar-refractivity contribution >= 4 is 11.4 Å². The van der Waals surface area contributed by atoms with Crippen molar-refractivity contribution < 1.29 is 50.2 Å². The van der Waals surface area contributed by atoms with E-state index >= 15 is 0 Å². The van der Waals surface area contributed by atoms with E-state index in [9.17, 15) is 0 Å². The number of hydrogen-bond donors (Lipinski definition) is 1. The van der Waals surface area contributed by atoms with Gasteiger partial charge in [0.05, 0.1) is 11.4 Å². The van der Waals surface area contributed by atoms with E-state index in [2.05, 4.69) is 0 Å². The summed E-state index contributed by atoms with van der Waals surface area (Å²) in [6, 6.07) is 0. The van der Waals surface area contributed by atoms with Crippen LogP contribution in [0.5, 0.6) is 0 Å². The van der Waals surface area contributed by atoms with E-state index in [1.54, 1.807) is 0 Å². The van der Waals surface area contributed by atoms with Crippen molar-refractivity contribution in [3.63, 3.8) is 0 Å². The molecule has 0 saturated carbocycles. The molecular weight excluding hydrogens is 249 g/mol. The molecule has 0 aliphatic rings. The Balaban J connectivity index is 0. The van der Waals surface area contributed by atoms with Crippen LogP contribution in [0.15, 0.2) is 0 Å². The molecule has 1 atom stereocenters. The van der Waals surface area contributed by atoms with Gasteiger partial charge in [0.2, 0.25) is 0 Å². The average molecular weight is 250 g/mol. The monoisotopic (exact) mass is 250 g/mol. The molecule has 0 aromatic rings. The van der Waals surface area contributed by atoms with Gasteiger partial charge in [-0.3, -0.25) is 0 Å². The standard InChI is InChI=1S/H2O3S.Tm/c1-4(2)3;/h(H2,1,2,3);/p-1. The molecule has 1 N–H and O–H groups in total. The maximum atomic E-state index is 8.56. The minimum Gasteiger partial charge on any atom is -0.750 e. The van der Waals surface area contributed by atoms with Gasteiger partial charge >= 0.3 is 0 Å². The van der Waals surface area contributed by atoms with Gasteiger partial charge in [0.25, 0.3) is 0 Å². The van der Waals surface area contributed by atoms with Gasteiger partial charge in [-0.15, -0.1) is 0 Å². The first-order chi connectivity index (χ1) is 1.73. The molecule has 0 aliphatic heterocycles. The Morgan fingerprint density at radius 2 is 1.80 bits per heavy atom. The molecule has 0 saturated heterocycles. The predicted molar refractivity (Wildman–Crippen MR) is 11.5 cm³/mol. The quantitative estimate of drug-likeness (QED) is 0.580. The van der Waals surface area contributed by atoms with Gasteiger partial charge in [-0.05, 0) is 0 Å². The Labute approximate surface area is 61.1 Å². The molecule has 1 radical (unpaired) electrons. The van der Waals surface area contributed by atoms with Crippen molar-refractivity contribution in [2.45, 2.75) is 0 Å². The molecule has 0 fully saturated rings. The molecule has 0 spiro atoms. The van der Waals surface area contributed by atoms with E-state index in [-0.39, 0.29) is 36.9 Å². The van der Waals surface area contributed by atoms with Gasteiger partial charge < -0.3 is 9.11 Å². The molecule has 0 bridgehead atoms. The molecule has 3 nitrogen and oxygen atoms in total. The number of rotatable bonds is 0. The van der Waals surface area contributed by atoms with Gasteiger partial charge in [-0.25, -0.2) is 4.21 Å². The predicted octanol–water partition coefficient (Wildman–Crippen LogP) is -0.661. The molecule has 0 aromatic carbocycles. The van der Waals surface area contributed by atoms with E-state index in [0.717, 1.165) is 0 Å². The topological polar surface area (TPSA) is 60.4 Å². The molecule has 0 aromatic heterocycles. The Morgan fingerprint density at radius 1 is 1.80 bits per heavy atom. The van der Waals surface area contributed by atoms with Crippen LogP contribution in [0.3, 0.4) is 0 Å². The summed E-state index contributed by atoms with van der Waals surface area (Å²) in [4.78, 5) is 0. The maximum Gasteiger partial charge on any atom is 0.0814 e. The van der Waals surface area contributed by atoms with Crippen LogP contribution in [-0.2, 0) is 11.4 Å². The zero-order chi connectivity index (χ0) is 3.58. The first-order valence-corrected chi connectivity index (χ1v) is 1.55. The summed E-state index contributed by atoms with van der Waals surface area (Å²) in [5, 5.41) is 0.